The van der Waals surface area contributed by atoms with Crippen LogP contribution in [-0.4, -0.2) is 27.4 Å². The van der Waals surface area contributed by atoms with E-state index in [0.29, 0.717) is 0 Å². The normalized spacial score (nSPS) is 11.3. The zero-order chi connectivity index (χ0) is 17.0. The second-order valence-electron chi connectivity index (χ2n) is 4.34. The Labute approximate surface area is 132 Å². The van der Waals surface area contributed by atoms with Crippen LogP contribution in [0.1, 0.15) is 21.9 Å². The summed E-state index contributed by atoms with van der Waals surface area (Å²) in [6, 6.07) is 1.05. The van der Waals surface area contributed by atoms with Gasteiger partial charge in [-0.1, -0.05) is 11.6 Å². The maximum atomic E-state index is 13.5. The lowest BCUT2D eigenvalue weighted by molar-refractivity contribution is -0.141. The summed E-state index contributed by atoms with van der Waals surface area (Å²) in [5, 5.41) is 2.34. The van der Waals surface area contributed by atoms with Crippen molar-refractivity contribution in [3.05, 3.63) is 52.6 Å². The van der Waals surface area contributed by atoms with Gasteiger partial charge in [0.2, 0.25) is 0 Å². The second kappa shape index (κ2) is 6.86. The Kier molecular flexibility index (Phi) is 5.09. The molecule has 2 heterocycles. The van der Waals surface area contributed by atoms with Gasteiger partial charge in [-0.05, 0) is 6.07 Å². The lowest BCUT2D eigenvalue weighted by atomic mass is 10.2. The van der Waals surface area contributed by atoms with E-state index < -0.39 is 29.3 Å². The number of amides is 1. The zero-order valence-electron chi connectivity index (χ0n) is 11.4. The van der Waals surface area contributed by atoms with E-state index in [1.54, 1.807) is 0 Å². The molecular formula is C13H9ClF4N4O. The first-order chi connectivity index (χ1) is 10.8. The smallest absolute Gasteiger partial charge is 0.350 e. The van der Waals surface area contributed by atoms with Crippen molar-refractivity contribution >= 4 is 17.5 Å². The first kappa shape index (κ1) is 17.1. The average Bonchev–Trinajstić information content (AvgIpc) is 2.48. The van der Waals surface area contributed by atoms with Gasteiger partial charge in [0.25, 0.3) is 5.91 Å². The highest BCUT2D eigenvalue weighted by Crippen LogP contribution is 2.29. The number of nitrogens with zero attached hydrogens (tertiary/aromatic N) is 3. The van der Waals surface area contributed by atoms with Gasteiger partial charge in [-0.15, -0.1) is 0 Å². The van der Waals surface area contributed by atoms with E-state index in [-0.39, 0.29) is 23.7 Å². The largest absolute Gasteiger partial charge is 0.435 e. The Morgan fingerprint density at radius 2 is 1.91 bits per heavy atom. The molecule has 0 aliphatic heterocycles. The van der Waals surface area contributed by atoms with Crippen LogP contribution in [-0.2, 0) is 12.6 Å². The van der Waals surface area contributed by atoms with Crippen LogP contribution in [0.4, 0.5) is 17.6 Å². The summed E-state index contributed by atoms with van der Waals surface area (Å²) in [6.07, 6.45) is -1.77. The molecule has 0 saturated heterocycles. The van der Waals surface area contributed by atoms with Crippen LogP contribution in [0.2, 0.25) is 5.02 Å². The summed E-state index contributed by atoms with van der Waals surface area (Å²) in [5.74, 6) is -1.72. The molecule has 0 spiro atoms. The first-order valence-corrected chi connectivity index (χ1v) is 6.63. The van der Waals surface area contributed by atoms with Gasteiger partial charge in [0.05, 0.1) is 10.7 Å². The van der Waals surface area contributed by atoms with E-state index in [1.807, 2.05) is 0 Å². The Bertz CT molecular complexity index is 723. The number of halogens is 5. The maximum Gasteiger partial charge on any atom is 0.435 e. The van der Waals surface area contributed by atoms with Gasteiger partial charge in [0.15, 0.2) is 11.4 Å². The molecule has 0 aliphatic carbocycles. The molecule has 10 heteroatoms. The number of carbonyl (C=O) groups excluding carboxylic acids is 1. The number of carbonyl (C=O) groups is 1. The summed E-state index contributed by atoms with van der Waals surface area (Å²) >= 11 is 5.55. The van der Waals surface area contributed by atoms with Crippen molar-refractivity contribution < 1.29 is 22.4 Å². The molecule has 0 radical (unpaired) electrons. The summed E-state index contributed by atoms with van der Waals surface area (Å²) in [6.45, 7) is -0.127. The van der Waals surface area contributed by atoms with Crippen molar-refractivity contribution in [3.8, 4) is 0 Å². The van der Waals surface area contributed by atoms with Crippen molar-refractivity contribution in [3.63, 3.8) is 0 Å². The Morgan fingerprint density at radius 3 is 2.57 bits per heavy atom. The number of pyridine rings is 1. The van der Waals surface area contributed by atoms with Gasteiger partial charge in [-0.3, -0.25) is 9.78 Å². The minimum Gasteiger partial charge on any atom is -0.350 e. The van der Waals surface area contributed by atoms with Gasteiger partial charge < -0.3 is 5.32 Å². The van der Waals surface area contributed by atoms with Gasteiger partial charge >= 0.3 is 6.18 Å². The fourth-order valence-corrected chi connectivity index (χ4v) is 1.86. The number of alkyl halides is 3. The topological polar surface area (TPSA) is 67.8 Å². The summed E-state index contributed by atoms with van der Waals surface area (Å²) in [7, 11) is 0. The van der Waals surface area contributed by atoms with Crippen molar-refractivity contribution in [1.29, 1.82) is 0 Å². The van der Waals surface area contributed by atoms with Crippen LogP contribution in [0.15, 0.2) is 24.7 Å². The monoisotopic (exact) mass is 348 g/mol. The third-order valence-electron chi connectivity index (χ3n) is 2.71. The Hall–Kier alpha value is -2.29. The molecular weight excluding hydrogens is 340 g/mol. The van der Waals surface area contributed by atoms with E-state index in [9.17, 15) is 22.4 Å². The van der Waals surface area contributed by atoms with Crippen LogP contribution >= 0.6 is 11.6 Å². The highest BCUT2D eigenvalue weighted by molar-refractivity contribution is 6.30. The van der Waals surface area contributed by atoms with Gasteiger partial charge in [-0.25, -0.2) is 14.4 Å². The number of hydrogen-bond acceptors (Lipinski definition) is 4. The molecule has 0 unspecified atom stereocenters. The Morgan fingerprint density at radius 1 is 1.22 bits per heavy atom. The van der Waals surface area contributed by atoms with Gasteiger partial charge in [0.1, 0.15) is 5.82 Å². The number of hydrogen-bond donors (Lipinski definition) is 1. The van der Waals surface area contributed by atoms with Gasteiger partial charge in [-0.2, -0.15) is 13.2 Å². The molecule has 0 atom stereocenters. The maximum absolute atomic E-state index is 13.5. The molecule has 0 bridgehead atoms. The molecule has 0 aliphatic rings. The fraction of sp³-hybridized carbons (Fsp3) is 0.231. The molecule has 0 fully saturated rings. The zero-order valence-corrected chi connectivity index (χ0v) is 12.1. The molecule has 122 valence electrons. The minimum atomic E-state index is -4.80. The standard InChI is InChI=1S/C13H9ClF4N4O/c14-7-5-8(15)9(22-6-7)1-2-21-12(23)10-11(13(16,17)18)20-4-3-19-10/h3-6H,1-2H2,(H,21,23). The molecule has 23 heavy (non-hydrogen) atoms. The minimum absolute atomic E-state index is 0.0175. The predicted octanol–water partition coefficient (Wildman–Crippen LogP) is 2.66. The predicted molar refractivity (Wildman–Crippen MR) is 72.3 cm³/mol. The highest BCUT2D eigenvalue weighted by Gasteiger charge is 2.37. The Balaban J connectivity index is 2.03. The lowest BCUT2D eigenvalue weighted by Gasteiger charge is -2.10. The molecule has 2 aromatic heterocycles. The quantitative estimate of drug-likeness (QED) is 0.863. The van der Waals surface area contributed by atoms with Crippen LogP contribution in [0.25, 0.3) is 0 Å². The molecule has 1 amide bonds. The molecule has 2 aromatic rings. The van der Waals surface area contributed by atoms with E-state index in [2.05, 4.69) is 20.3 Å². The highest BCUT2D eigenvalue weighted by atomic mass is 35.5. The van der Waals surface area contributed by atoms with Crippen molar-refractivity contribution in [1.82, 2.24) is 20.3 Å². The second-order valence-corrected chi connectivity index (χ2v) is 4.78. The first-order valence-electron chi connectivity index (χ1n) is 6.25. The van der Waals surface area contributed by atoms with Crippen LogP contribution < -0.4 is 5.32 Å². The van der Waals surface area contributed by atoms with E-state index >= 15 is 0 Å². The molecule has 2 rings (SSSR count). The van der Waals surface area contributed by atoms with E-state index in [0.717, 1.165) is 18.5 Å². The fourth-order valence-electron chi connectivity index (χ4n) is 1.72. The van der Waals surface area contributed by atoms with Crippen LogP contribution in [0.5, 0.6) is 0 Å². The SMILES string of the molecule is O=C(NCCc1ncc(Cl)cc1F)c1nccnc1C(F)(F)F. The summed E-state index contributed by atoms with van der Waals surface area (Å²) in [5.41, 5.74) is -2.19. The molecule has 1 N–H and O–H groups in total. The lowest BCUT2D eigenvalue weighted by Crippen LogP contribution is -2.30. The summed E-state index contributed by atoms with van der Waals surface area (Å²) in [4.78, 5) is 22.1. The third kappa shape index (κ3) is 4.35. The molecule has 0 saturated carbocycles. The van der Waals surface area contributed by atoms with Crippen molar-refractivity contribution in [2.75, 3.05) is 6.54 Å². The number of aromatic nitrogens is 3. The summed E-state index contributed by atoms with van der Waals surface area (Å²) < 4.78 is 51.7. The number of nitrogens with one attached hydrogen (secondary N) is 1. The number of rotatable bonds is 4. The van der Waals surface area contributed by atoms with E-state index in [1.165, 1.54) is 6.20 Å². The molecule has 0 aromatic carbocycles. The van der Waals surface area contributed by atoms with Crippen LogP contribution in [0.3, 0.4) is 0 Å². The molecule has 5 nitrogen and oxygen atoms in total. The average molecular weight is 349 g/mol. The third-order valence-corrected chi connectivity index (χ3v) is 2.92. The van der Waals surface area contributed by atoms with E-state index in [4.69, 9.17) is 11.6 Å². The van der Waals surface area contributed by atoms with Gasteiger partial charge in [0, 0.05) is 31.6 Å². The van der Waals surface area contributed by atoms with Crippen molar-refractivity contribution in [2.45, 2.75) is 12.6 Å². The van der Waals surface area contributed by atoms with Crippen molar-refractivity contribution in [2.24, 2.45) is 0 Å². The van der Waals surface area contributed by atoms with Crippen LogP contribution in [0, 0.1) is 5.82 Å².